The van der Waals surface area contributed by atoms with Gasteiger partial charge in [-0.15, -0.1) is 0 Å². The summed E-state index contributed by atoms with van der Waals surface area (Å²) < 4.78 is 1.83. The van der Waals surface area contributed by atoms with Gasteiger partial charge in [-0.05, 0) is 24.6 Å². The number of para-hydroxylation sites is 1. The number of hydrogen-bond acceptors (Lipinski definition) is 2. The van der Waals surface area contributed by atoms with E-state index < -0.39 is 0 Å². The summed E-state index contributed by atoms with van der Waals surface area (Å²) in [5, 5.41) is 2.95. The largest absolute Gasteiger partial charge is 0.335 e. The number of fused-ring (bicyclic) bond motifs is 1. The topological polar surface area (TPSA) is 55.9 Å². The van der Waals surface area contributed by atoms with E-state index in [0.717, 1.165) is 30.0 Å². The van der Waals surface area contributed by atoms with Crippen LogP contribution in [-0.2, 0) is 6.54 Å². The molecule has 0 radical (unpaired) electrons. The predicted molar refractivity (Wildman–Crippen MR) is 104 cm³/mol. The standard InChI is InChI=1S/C21H26N4O/c1-16(22-13-14-24(2)3)20-23-19-12-8-7-11-18(19)21(26)25(20)15-17-9-5-4-6-10-17/h4-12,16,22H,13-15H2,1-3H3/p+2/t16-/m0/s1. The lowest BCUT2D eigenvalue weighted by Crippen LogP contribution is -3.09. The first-order valence-corrected chi connectivity index (χ1v) is 9.22. The molecule has 0 aliphatic carbocycles. The Morgan fingerprint density at radius 2 is 1.77 bits per heavy atom. The number of nitrogens with one attached hydrogen (secondary N) is 1. The number of aromatic nitrogens is 2. The molecule has 0 bridgehead atoms. The van der Waals surface area contributed by atoms with Crippen molar-refractivity contribution in [1.82, 2.24) is 9.55 Å². The molecular formula is C21H28N4O+2. The van der Waals surface area contributed by atoms with Gasteiger partial charge in [0, 0.05) is 0 Å². The van der Waals surface area contributed by atoms with Gasteiger partial charge >= 0.3 is 0 Å². The van der Waals surface area contributed by atoms with Gasteiger partial charge in [0.1, 0.15) is 19.1 Å². The van der Waals surface area contributed by atoms with Crippen molar-refractivity contribution in [2.45, 2.75) is 19.5 Å². The van der Waals surface area contributed by atoms with Crippen molar-refractivity contribution < 1.29 is 10.2 Å². The normalized spacial score (nSPS) is 12.6. The lowest BCUT2D eigenvalue weighted by Gasteiger charge is -2.18. The van der Waals surface area contributed by atoms with E-state index in [4.69, 9.17) is 4.98 Å². The van der Waals surface area contributed by atoms with Crippen molar-refractivity contribution in [2.24, 2.45) is 0 Å². The molecule has 0 saturated carbocycles. The fourth-order valence-corrected chi connectivity index (χ4v) is 3.18. The third kappa shape index (κ3) is 4.18. The highest BCUT2D eigenvalue weighted by atomic mass is 16.1. The highest BCUT2D eigenvalue weighted by molar-refractivity contribution is 5.77. The number of hydrogen-bond donors (Lipinski definition) is 2. The Hall–Kier alpha value is -2.50. The monoisotopic (exact) mass is 352 g/mol. The molecule has 1 heterocycles. The van der Waals surface area contributed by atoms with E-state index in [9.17, 15) is 4.79 Å². The Morgan fingerprint density at radius 1 is 1.08 bits per heavy atom. The summed E-state index contributed by atoms with van der Waals surface area (Å²) in [4.78, 5) is 19.4. The third-order valence-corrected chi connectivity index (χ3v) is 4.65. The molecule has 0 saturated heterocycles. The number of likely N-dealkylation sites (N-methyl/N-ethyl adjacent to an activating group) is 1. The van der Waals surface area contributed by atoms with Crippen molar-refractivity contribution >= 4 is 10.9 Å². The number of nitrogens with zero attached hydrogens (tertiary/aromatic N) is 2. The summed E-state index contributed by atoms with van der Waals surface area (Å²) in [5.74, 6) is 0.839. The van der Waals surface area contributed by atoms with E-state index in [1.807, 2.05) is 47.0 Å². The molecule has 2 aromatic carbocycles. The van der Waals surface area contributed by atoms with Crippen LogP contribution < -0.4 is 15.8 Å². The molecule has 0 aliphatic rings. The molecule has 1 atom stereocenters. The van der Waals surface area contributed by atoms with Crippen molar-refractivity contribution in [3.8, 4) is 0 Å². The second kappa shape index (κ2) is 8.25. The van der Waals surface area contributed by atoms with Crippen LogP contribution in [0.25, 0.3) is 10.9 Å². The van der Waals surface area contributed by atoms with Crippen LogP contribution >= 0.6 is 0 Å². The van der Waals surface area contributed by atoms with E-state index in [2.05, 4.69) is 38.5 Å². The van der Waals surface area contributed by atoms with Gasteiger partial charge in [0.2, 0.25) is 0 Å². The quantitative estimate of drug-likeness (QED) is 0.639. The molecule has 0 fully saturated rings. The average molecular weight is 352 g/mol. The minimum Gasteiger partial charge on any atom is -0.335 e. The second-order valence-electron chi connectivity index (χ2n) is 7.13. The fraction of sp³-hybridized carbons (Fsp3) is 0.333. The molecule has 5 nitrogen and oxygen atoms in total. The maximum absolute atomic E-state index is 13.1. The maximum atomic E-state index is 13.1. The van der Waals surface area contributed by atoms with Gasteiger partial charge in [0.25, 0.3) is 5.56 Å². The van der Waals surface area contributed by atoms with Crippen LogP contribution in [0, 0.1) is 0 Å². The van der Waals surface area contributed by atoms with E-state index in [1.165, 1.54) is 4.90 Å². The predicted octanol–water partition coefficient (Wildman–Crippen LogP) is 0.214. The van der Waals surface area contributed by atoms with Crippen molar-refractivity contribution in [3.05, 3.63) is 76.3 Å². The first-order chi connectivity index (χ1) is 12.6. The van der Waals surface area contributed by atoms with E-state index >= 15 is 0 Å². The Bertz CT molecular complexity index is 918. The Labute approximate surface area is 154 Å². The summed E-state index contributed by atoms with van der Waals surface area (Å²) in [6, 6.07) is 17.8. The van der Waals surface area contributed by atoms with E-state index in [-0.39, 0.29) is 11.6 Å². The number of benzene rings is 2. The van der Waals surface area contributed by atoms with Crippen LogP contribution in [0.15, 0.2) is 59.4 Å². The van der Waals surface area contributed by atoms with Crippen molar-refractivity contribution in [3.63, 3.8) is 0 Å². The Morgan fingerprint density at radius 3 is 2.50 bits per heavy atom. The summed E-state index contributed by atoms with van der Waals surface area (Å²) in [7, 11) is 4.30. The summed E-state index contributed by atoms with van der Waals surface area (Å²) >= 11 is 0. The fourth-order valence-electron chi connectivity index (χ4n) is 3.18. The summed E-state index contributed by atoms with van der Waals surface area (Å²) in [6.07, 6.45) is 0. The summed E-state index contributed by atoms with van der Waals surface area (Å²) in [5.41, 5.74) is 1.92. The number of nitrogens with two attached hydrogens (primary N) is 1. The minimum atomic E-state index is 0.0351. The van der Waals surface area contributed by atoms with Gasteiger partial charge < -0.3 is 10.2 Å². The van der Waals surface area contributed by atoms with Crippen LogP contribution in [0.5, 0.6) is 0 Å². The van der Waals surface area contributed by atoms with Gasteiger partial charge in [0.15, 0.2) is 5.82 Å². The van der Waals surface area contributed by atoms with Crippen LogP contribution in [-0.4, -0.2) is 36.7 Å². The van der Waals surface area contributed by atoms with Crippen LogP contribution in [0.1, 0.15) is 24.4 Å². The maximum Gasteiger partial charge on any atom is 0.261 e. The van der Waals surface area contributed by atoms with Crippen molar-refractivity contribution in [2.75, 3.05) is 27.2 Å². The first kappa shape index (κ1) is 18.3. The molecule has 0 unspecified atom stereocenters. The van der Waals surface area contributed by atoms with E-state index in [1.54, 1.807) is 0 Å². The SMILES string of the molecule is C[C@H]([NH2+]CC[NH+](C)C)c1nc2ccccc2c(=O)n1Cc1ccccc1. The van der Waals surface area contributed by atoms with Gasteiger partial charge in [-0.25, -0.2) is 4.98 Å². The first-order valence-electron chi connectivity index (χ1n) is 9.22. The molecule has 26 heavy (non-hydrogen) atoms. The van der Waals surface area contributed by atoms with Gasteiger partial charge in [0.05, 0.1) is 31.5 Å². The molecule has 3 rings (SSSR count). The minimum absolute atomic E-state index is 0.0351. The zero-order valence-electron chi connectivity index (χ0n) is 15.8. The highest BCUT2D eigenvalue weighted by Gasteiger charge is 2.19. The van der Waals surface area contributed by atoms with Crippen molar-refractivity contribution in [1.29, 1.82) is 0 Å². The Kier molecular flexibility index (Phi) is 5.81. The molecule has 0 spiro atoms. The van der Waals surface area contributed by atoms with Crippen LogP contribution in [0.3, 0.4) is 0 Å². The highest BCUT2D eigenvalue weighted by Crippen LogP contribution is 2.13. The van der Waals surface area contributed by atoms with E-state index in [0.29, 0.717) is 11.9 Å². The third-order valence-electron chi connectivity index (χ3n) is 4.65. The lowest BCUT2D eigenvalue weighted by molar-refractivity contribution is -0.877. The number of quaternary nitrogens is 2. The smallest absolute Gasteiger partial charge is 0.261 e. The molecule has 0 amide bonds. The average Bonchev–Trinajstić information content (AvgIpc) is 2.64. The lowest BCUT2D eigenvalue weighted by atomic mass is 10.2. The Balaban J connectivity index is 2.01. The molecule has 3 aromatic rings. The van der Waals surface area contributed by atoms with Crippen LogP contribution in [0.4, 0.5) is 0 Å². The molecule has 5 heteroatoms. The van der Waals surface area contributed by atoms with Gasteiger partial charge in [-0.2, -0.15) is 0 Å². The second-order valence-corrected chi connectivity index (χ2v) is 7.13. The molecule has 0 aliphatic heterocycles. The van der Waals surface area contributed by atoms with Crippen LogP contribution in [0.2, 0.25) is 0 Å². The van der Waals surface area contributed by atoms with Gasteiger partial charge in [-0.1, -0.05) is 42.5 Å². The zero-order chi connectivity index (χ0) is 18.5. The summed E-state index contributed by atoms with van der Waals surface area (Å²) in [6.45, 7) is 4.74. The molecule has 136 valence electrons. The molecule has 1 aromatic heterocycles. The van der Waals surface area contributed by atoms with Gasteiger partial charge in [-0.3, -0.25) is 9.36 Å². The zero-order valence-corrected chi connectivity index (χ0v) is 15.8. The molecular weight excluding hydrogens is 324 g/mol. The molecule has 3 N–H and O–H groups in total. The number of rotatable bonds is 7.